The molecule has 68 valence electrons. The van der Waals surface area contributed by atoms with Gasteiger partial charge in [0, 0.05) is 0 Å². The standard InChI is InChI=1S/C4H3F6I/c5-1-3(7,11)2(6)4(8,9)10/h2H,1H2/t2-,3+/m1/s1. The predicted molar refractivity (Wildman–Crippen MR) is 34.8 cm³/mol. The van der Waals surface area contributed by atoms with Crippen LogP contribution in [0.4, 0.5) is 26.3 Å². The maximum absolute atomic E-state index is 12.2. The molecule has 0 spiro atoms. The van der Waals surface area contributed by atoms with Crippen molar-refractivity contribution >= 4 is 22.6 Å². The van der Waals surface area contributed by atoms with Crippen LogP contribution in [0, 0.1) is 0 Å². The first-order chi connectivity index (χ1) is 4.72. The molecule has 0 heterocycles. The second-order valence-electron chi connectivity index (χ2n) is 1.80. The van der Waals surface area contributed by atoms with E-state index in [1.54, 1.807) is 0 Å². The molecule has 0 saturated carbocycles. The fourth-order valence-corrected chi connectivity index (χ4v) is 0.660. The minimum atomic E-state index is -5.35. The summed E-state index contributed by atoms with van der Waals surface area (Å²) in [5.41, 5.74) is 0. The van der Waals surface area contributed by atoms with Gasteiger partial charge in [0.2, 0.25) is 9.85 Å². The SMILES string of the molecule is FC[C@](F)(I)[C@@H](F)C(F)(F)F. The van der Waals surface area contributed by atoms with Gasteiger partial charge in [-0.1, -0.05) is 0 Å². The summed E-state index contributed by atoms with van der Waals surface area (Å²) in [5, 5.41) is 0. The second-order valence-corrected chi connectivity index (χ2v) is 3.59. The number of rotatable bonds is 2. The highest BCUT2D eigenvalue weighted by molar-refractivity contribution is 14.1. The van der Waals surface area contributed by atoms with Gasteiger partial charge in [0.05, 0.1) is 0 Å². The fraction of sp³-hybridized carbons (Fsp3) is 1.00. The Morgan fingerprint density at radius 1 is 1.18 bits per heavy atom. The molecule has 0 aromatic carbocycles. The van der Waals surface area contributed by atoms with Crippen molar-refractivity contribution in [3.63, 3.8) is 0 Å². The van der Waals surface area contributed by atoms with Gasteiger partial charge in [0.15, 0.2) is 0 Å². The van der Waals surface area contributed by atoms with Gasteiger partial charge in [0.1, 0.15) is 6.67 Å². The lowest BCUT2D eigenvalue weighted by atomic mass is 10.2. The molecule has 11 heavy (non-hydrogen) atoms. The monoisotopic (exact) mass is 292 g/mol. The predicted octanol–water partition coefficient (Wildman–Crippen LogP) is 2.96. The molecule has 0 aliphatic rings. The van der Waals surface area contributed by atoms with Crippen molar-refractivity contribution in [2.75, 3.05) is 6.67 Å². The van der Waals surface area contributed by atoms with E-state index in [0.717, 1.165) is 0 Å². The first kappa shape index (κ1) is 11.3. The number of alkyl halides is 7. The first-order valence-corrected chi connectivity index (χ1v) is 3.44. The Balaban J connectivity index is 4.35. The van der Waals surface area contributed by atoms with E-state index < -0.39 is 22.7 Å². The summed E-state index contributed by atoms with van der Waals surface area (Å²) in [7, 11) is 0. The maximum atomic E-state index is 12.2. The quantitative estimate of drug-likeness (QED) is 0.417. The van der Waals surface area contributed by atoms with Crippen molar-refractivity contribution in [3.05, 3.63) is 0 Å². The van der Waals surface area contributed by atoms with Crippen LogP contribution >= 0.6 is 22.6 Å². The molecular weight excluding hydrogens is 289 g/mol. The van der Waals surface area contributed by atoms with E-state index >= 15 is 0 Å². The Bertz CT molecular complexity index is 129. The van der Waals surface area contributed by atoms with Crippen LogP contribution in [0.15, 0.2) is 0 Å². The highest BCUT2D eigenvalue weighted by atomic mass is 127. The molecule has 0 aromatic rings. The minimum Gasteiger partial charge on any atom is -0.247 e. The van der Waals surface area contributed by atoms with Crippen molar-refractivity contribution in [1.82, 2.24) is 0 Å². The Kier molecular flexibility index (Phi) is 3.45. The number of hydrogen-bond acceptors (Lipinski definition) is 0. The fourth-order valence-electron chi connectivity index (χ4n) is 0.307. The van der Waals surface area contributed by atoms with Crippen molar-refractivity contribution in [2.24, 2.45) is 0 Å². The Hall–Kier alpha value is 0.310. The maximum Gasteiger partial charge on any atom is 0.423 e. The molecule has 0 N–H and O–H groups in total. The third-order valence-electron chi connectivity index (χ3n) is 0.836. The summed E-state index contributed by atoms with van der Waals surface area (Å²) in [4.78, 5) is 0. The summed E-state index contributed by atoms with van der Waals surface area (Å²) >= 11 is 0.454. The van der Waals surface area contributed by atoms with Crippen molar-refractivity contribution < 1.29 is 26.3 Å². The van der Waals surface area contributed by atoms with Gasteiger partial charge in [-0.15, -0.1) is 0 Å². The Morgan fingerprint density at radius 3 is 1.64 bits per heavy atom. The average Bonchev–Trinajstić information content (AvgIpc) is 1.84. The van der Waals surface area contributed by atoms with Crippen molar-refractivity contribution in [3.8, 4) is 0 Å². The van der Waals surface area contributed by atoms with Crippen molar-refractivity contribution in [1.29, 1.82) is 0 Å². The molecule has 0 bridgehead atoms. The molecule has 2 atom stereocenters. The molecule has 0 amide bonds. The van der Waals surface area contributed by atoms with Crippen LogP contribution in [-0.4, -0.2) is 22.7 Å². The first-order valence-electron chi connectivity index (χ1n) is 2.36. The average molecular weight is 292 g/mol. The second kappa shape index (κ2) is 3.36. The molecule has 7 heteroatoms. The van der Waals surface area contributed by atoms with Crippen LogP contribution in [0.5, 0.6) is 0 Å². The molecular formula is C4H3F6I. The lowest BCUT2D eigenvalue weighted by Crippen LogP contribution is -2.41. The topological polar surface area (TPSA) is 0 Å². The van der Waals surface area contributed by atoms with E-state index in [0.29, 0.717) is 22.6 Å². The lowest BCUT2D eigenvalue weighted by Gasteiger charge is -2.21. The number of hydrogen-bond donors (Lipinski definition) is 0. The van der Waals surface area contributed by atoms with E-state index in [4.69, 9.17) is 0 Å². The molecule has 0 unspecified atom stereocenters. The molecule has 0 radical (unpaired) electrons. The molecule has 0 aliphatic carbocycles. The zero-order valence-corrected chi connectivity index (χ0v) is 7.09. The molecule has 0 fully saturated rings. The van der Waals surface area contributed by atoms with Crippen LogP contribution in [0.1, 0.15) is 0 Å². The molecule has 0 aliphatic heterocycles. The van der Waals surface area contributed by atoms with Gasteiger partial charge in [-0.2, -0.15) is 13.2 Å². The Labute approximate surface area is 72.1 Å². The van der Waals surface area contributed by atoms with E-state index in [2.05, 4.69) is 0 Å². The zero-order valence-electron chi connectivity index (χ0n) is 4.93. The van der Waals surface area contributed by atoms with E-state index in [-0.39, 0.29) is 0 Å². The van der Waals surface area contributed by atoms with Crippen LogP contribution in [0.3, 0.4) is 0 Å². The highest BCUT2D eigenvalue weighted by Gasteiger charge is 2.54. The van der Waals surface area contributed by atoms with E-state index in [9.17, 15) is 26.3 Å². The van der Waals surface area contributed by atoms with Gasteiger partial charge in [0.25, 0.3) is 0 Å². The molecule has 0 rings (SSSR count). The van der Waals surface area contributed by atoms with Gasteiger partial charge >= 0.3 is 6.18 Å². The third-order valence-corrected chi connectivity index (χ3v) is 1.67. The van der Waals surface area contributed by atoms with Crippen LogP contribution in [0.25, 0.3) is 0 Å². The van der Waals surface area contributed by atoms with Crippen LogP contribution < -0.4 is 0 Å². The smallest absolute Gasteiger partial charge is 0.247 e. The summed E-state index contributed by atoms with van der Waals surface area (Å²) in [6, 6.07) is 0. The third kappa shape index (κ3) is 3.04. The molecule has 0 aromatic heterocycles. The minimum absolute atomic E-state index is 0.454. The van der Waals surface area contributed by atoms with Gasteiger partial charge in [-0.3, -0.25) is 0 Å². The zero-order chi connectivity index (χ0) is 9.28. The van der Waals surface area contributed by atoms with Gasteiger partial charge in [-0.05, 0) is 22.6 Å². The van der Waals surface area contributed by atoms with Crippen molar-refractivity contribution in [2.45, 2.75) is 16.0 Å². The normalized spacial score (nSPS) is 21.0. The van der Waals surface area contributed by atoms with Gasteiger partial charge < -0.3 is 0 Å². The molecule has 0 saturated heterocycles. The Morgan fingerprint density at radius 2 is 1.55 bits per heavy atom. The number of halogens is 7. The van der Waals surface area contributed by atoms with E-state index in [1.807, 2.05) is 0 Å². The van der Waals surface area contributed by atoms with E-state index in [1.165, 1.54) is 0 Å². The summed E-state index contributed by atoms with van der Waals surface area (Å²) in [5.74, 6) is 0. The summed E-state index contributed by atoms with van der Waals surface area (Å²) < 4.78 is 66.1. The summed E-state index contributed by atoms with van der Waals surface area (Å²) in [6.07, 6.45) is -9.12. The summed E-state index contributed by atoms with van der Waals surface area (Å²) in [6.45, 7) is -2.01. The highest BCUT2D eigenvalue weighted by Crippen LogP contribution is 2.38. The van der Waals surface area contributed by atoms with Crippen LogP contribution in [0.2, 0.25) is 0 Å². The van der Waals surface area contributed by atoms with Crippen LogP contribution in [-0.2, 0) is 0 Å². The lowest BCUT2D eigenvalue weighted by molar-refractivity contribution is -0.200. The molecule has 0 nitrogen and oxygen atoms in total. The van der Waals surface area contributed by atoms with Gasteiger partial charge in [-0.25, -0.2) is 13.2 Å². The largest absolute Gasteiger partial charge is 0.423 e.